The van der Waals surface area contributed by atoms with Gasteiger partial charge in [0.05, 0.1) is 5.75 Å². The Kier molecular flexibility index (Phi) is 6.69. The molecule has 1 aliphatic rings. The molecule has 10 heteroatoms. The van der Waals surface area contributed by atoms with E-state index < -0.39 is 6.10 Å². The van der Waals surface area contributed by atoms with Crippen molar-refractivity contribution in [1.29, 1.82) is 0 Å². The maximum Gasteiger partial charge on any atom is 0.277 e. The topological polar surface area (TPSA) is 97.6 Å². The molecule has 2 aromatic carbocycles. The fraction of sp³-hybridized carbons (Fsp3) is 0.273. The molecule has 0 spiro atoms. The second kappa shape index (κ2) is 9.82. The highest BCUT2D eigenvalue weighted by atomic mass is 32.2. The van der Waals surface area contributed by atoms with Crippen molar-refractivity contribution in [2.75, 3.05) is 22.5 Å². The Morgan fingerprint density at radius 3 is 2.66 bits per heavy atom. The van der Waals surface area contributed by atoms with E-state index in [1.165, 1.54) is 24.3 Å². The zero-order chi connectivity index (χ0) is 22.5. The summed E-state index contributed by atoms with van der Waals surface area (Å²) in [6.07, 6.45) is 0.907. The third-order valence-electron chi connectivity index (χ3n) is 4.76. The number of halogens is 1. The van der Waals surface area contributed by atoms with E-state index >= 15 is 0 Å². The Bertz CT molecular complexity index is 1090. The molecule has 2 amide bonds. The molecule has 4 rings (SSSR count). The van der Waals surface area contributed by atoms with Gasteiger partial charge in [-0.05, 0) is 61.9 Å². The van der Waals surface area contributed by atoms with Crippen molar-refractivity contribution >= 4 is 35.0 Å². The highest BCUT2D eigenvalue weighted by molar-refractivity contribution is 7.99. The van der Waals surface area contributed by atoms with Crippen LogP contribution >= 0.6 is 11.8 Å². The van der Waals surface area contributed by atoms with E-state index in [1.807, 2.05) is 12.1 Å². The molecular formula is C22H21FN4O4S. The number of nitrogens with one attached hydrogen (secondary N) is 1. The summed E-state index contributed by atoms with van der Waals surface area (Å²) in [6.45, 7) is 2.46. The van der Waals surface area contributed by atoms with Gasteiger partial charge in [-0.25, -0.2) is 4.39 Å². The van der Waals surface area contributed by atoms with Crippen molar-refractivity contribution in [3.8, 4) is 5.75 Å². The van der Waals surface area contributed by atoms with Crippen LogP contribution in [0.1, 0.15) is 31.8 Å². The van der Waals surface area contributed by atoms with Gasteiger partial charge >= 0.3 is 0 Å². The number of aromatic nitrogens is 2. The monoisotopic (exact) mass is 456 g/mol. The van der Waals surface area contributed by atoms with Crippen molar-refractivity contribution < 1.29 is 23.1 Å². The zero-order valence-electron chi connectivity index (χ0n) is 17.3. The van der Waals surface area contributed by atoms with Crippen LogP contribution in [0.5, 0.6) is 5.75 Å². The molecule has 3 aromatic rings. The molecule has 166 valence electrons. The lowest BCUT2D eigenvalue weighted by atomic mass is 10.2. The number of hydrogen-bond acceptors (Lipinski definition) is 7. The van der Waals surface area contributed by atoms with Gasteiger partial charge in [-0.3, -0.25) is 9.59 Å². The molecule has 1 saturated heterocycles. The van der Waals surface area contributed by atoms with Crippen molar-refractivity contribution in [2.24, 2.45) is 0 Å². The normalized spacial score (nSPS) is 14.4. The van der Waals surface area contributed by atoms with Crippen molar-refractivity contribution in [3.63, 3.8) is 0 Å². The van der Waals surface area contributed by atoms with E-state index in [0.717, 1.165) is 30.4 Å². The first-order valence-corrected chi connectivity index (χ1v) is 11.1. The molecule has 0 aliphatic carbocycles. The standard InChI is InChI=1S/C22H21FN4O4S/c1-14(30-18-10-4-15(23)5-11-18)21-25-26-22(31-21)32-13-19(28)24-16-6-8-17(9-7-16)27-12-2-3-20(27)29/h4-11,14H,2-3,12-13H2,1H3,(H,24,28)/t14-/m1/s1. The molecule has 1 N–H and O–H groups in total. The lowest BCUT2D eigenvalue weighted by molar-refractivity contribution is -0.117. The summed E-state index contributed by atoms with van der Waals surface area (Å²) in [5.74, 6) is 0.360. The highest BCUT2D eigenvalue weighted by Gasteiger charge is 2.21. The number of amides is 2. The van der Waals surface area contributed by atoms with Gasteiger partial charge in [0.25, 0.3) is 11.1 Å². The first-order chi connectivity index (χ1) is 15.5. The van der Waals surface area contributed by atoms with Crippen LogP contribution in [-0.4, -0.2) is 34.3 Å². The first kappa shape index (κ1) is 21.8. The second-order valence-corrected chi connectivity index (χ2v) is 8.08. The summed E-state index contributed by atoms with van der Waals surface area (Å²) >= 11 is 1.11. The number of carbonyl (C=O) groups excluding carboxylic acids is 2. The Morgan fingerprint density at radius 1 is 1.22 bits per heavy atom. The average molecular weight is 456 g/mol. The minimum Gasteiger partial charge on any atom is -0.481 e. The van der Waals surface area contributed by atoms with Gasteiger partial charge in [0.2, 0.25) is 11.8 Å². The van der Waals surface area contributed by atoms with Gasteiger partial charge in [-0.2, -0.15) is 0 Å². The summed E-state index contributed by atoms with van der Waals surface area (Å²) in [5.41, 5.74) is 1.47. The number of nitrogens with zero attached hydrogens (tertiary/aromatic N) is 3. The van der Waals surface area contributed by atoms with Crippen LogP contribution in [-0.2, 0) is 9.59 Å². The van der Waals surface area contributed by atoms with Crippen LogP contribution in [0.2, 0.25) is 0 Å². The van der Waals surface area contributed by atoms with Crippen molar-refractivity contribution in [1.82, 2.24) is 10.2 Å². The van der Waals surface area contributed by atoms with Crippen LogP contribution in [0.3, 0.4) is 0 Å². The summed E-state index contributed by atoms with van der Waals surface area (Å²) < 4.78 is 24.2. The Balaban J connectivity index is 1.26. The van der Waals surface area contributed by atoms with E-state index in [0.29, 0.717) is 17.9 Å². The van der Waals surface area contributed by atoms with Crippen LogP contribution in [0, 0.1) is 5.82 Å². The molecule has 1 aromatic heterocycles. The second-order valence-electron chi connectivity index (χ2n) is 7.15. The molecule has 1 atom stereocenters. The minimum absolute atomic E-state index is 0.0845. The van der Waals surface area contributed by atoms with E-state index in [9.17, 15) is 14.0 Å². The van der Waals surface area contributed by atoms with E-state index in [1.54, 1.807) is 24.0 Å². The molecule has 0 saturated carbocycles. The summed E-state index contributed by atoms with van der Waals surface area (Å²) in [4.78, 5) is 25.8. The number of carbonyl (C=O) groups is 2. The highest BCUT2D eigenvalue weighted by Crippen LogP contribution is 2.25. The maximum absolute atomic E-state index is 13.0. The third kappa shape index (κ3) is 5.44. The van der Waals surface area contributed by atoms with Gasteiger partial charge < -0.3 is 19.4 Å². The first-order valence-electron chi connectivity index (χ1n) is 10.1. The van der Waals surface area contributed by atoms with Crippen LogP contribution in [0.4, 0.5) is 15.8 Å². The van der Waals surface area contributed by atoms with Gasteiger partial charge in [0.15, 0.2) is 6.10 Å². The summed E-state index contributed by atoms with van der Waals surface area (Å²) in [7, 11) is 0. The minimum atomic E-state index is -0.530. The lowest BCUT2D eigenvalue weighted by Gasteiger charge is -2.16. The van der Waals surface area contributed by atoms with Crippen LogP contribution < -0.4 is 15.0 Å². The number of anilines is 2. The van der Waals surface area contributed by atoms with Gasteiger partial charge in [-0.15, -0.1) is 10.2 Å². The molecule has 8 nitrogen and oxygen atoms in total. The van der Waals surface area contributed by atoms with Crippen LogP contribution in [0.15, 0.2) is 58.2 Å². The molecule has 0 unspecified atom stereocenters. The fourth-order valence-corrected chi connectivity index (χ4v) is 3.75. The predicted octanol–water partition coefficient (Wildman–Crippen LogP) is 4.21. The SMILES string of the molecule is C[C@@H](Oc1ccc(F)cc1)c1nnc(SCC(=O)Nc2ccc(N3CCCC3=O)cc2)o1. The fourth-order valence-electron chi connectivity index (χ4n) is 3.18. The third-order valence-corrected chi connectivity index (χ3v) is 5.58. The van der Waals surface area contributed by atoms with E-state index in [4.69, 9.17) is 9.15 Å². The number of ether oxygens (including phenoxy) is 1. The number of thioether (sulfide) groups is 1. The van der Waals surface area contributed by atoms with Gasteiger partial charge in [-0.1, -0.05) is 11.8 Å². The Morgan fingerprint density at radius 2 is 1.97 bits per heavy atom. The Labute approximate surface area is 188 Å². The quantitative estimate of drug-likeness (QED) is 0.507. The van der Waals surface area contributed by atoms with E-state index in [-0.39, 0.29) is 34.5 Å². The molecule has 32 heavy (non-hydrogen) atoms. The average Bonchev–Trinajstić information content (AvgIpc) is 3.44. The molecule has 1 fully saturated rings. The largest absolute Gasteiger partial charge is 0.481 e. The summed E-state index contributed by atoms with van der Waals surface area (Å²) in [5, 5.41) is 10.9. The lowest BCUT2D eigenvalue weighted by Crippen LogP contribution is -2.23. The molecule has 1 aliphatic heterocycles. The molecule has 0 bridgehead atoms. The number of hydrogen-bond donors (Lipinski definition) is 1. The smallest absolute Gasteiger partial charge is 0.277 e. The number of benzene rings is 2. The Hall–Kier alpha value is -3.40. The number of rotatable bonds is 8. The maximum atomic E-state index is 13.0. The van der Waals surface area contributed by atoms with Crippen molar-refractivity contribution in [2.45, 2.75) is 31.1 Å². The van der Waals surface area contributed by atoms with Gasteiger partial charge in [0, 0.05) is 24.3 Å². The molecular weight excluding hydrogens is 435 g/mol. The van der Waals surface area contributed by atoms with Crippen molar-refractivity contribution in [3.05, 3.63) is 60.2 Å². The summed E-state index contributed by atoms with van der Waals surface area (Å²) in [6, 6.07) is 12.8. The molecule has 0 radical (unpaired) electrons. The zero-order valence-corrected chi connectivity index (χ0v) is 18.1. The van der Waals surface area contributed by atoms with Gasteiger partial charge in [0.1, 0.15) is 11.6 Å². The van der Waals surface area contributed by atoms with Crippen LogP contribution in [0.25, 0.3) is 0 Å². The predicted molar refractivity (Wildman–Crippen MR) is 117 cm³/mol. The van der Waals surface area contributed by atoms with E-state index in [2.05, 4.69) is 15.5 Å². The molecule has 2 heterocycles.